The lowest BCUT2D eigenvalue weighted by Gasteiger charge is -2.16. The fourth-order valence-corrected chi connectivity index (χ4v) is 2.97. The van der Waals surface area contributed by atoms with E-state index >= 15 is 0 Å². The highest BCUT2D eigenvalue weighted by Gasteiger charge is 2.11. The molecule has 0 aliphatic carbocycles. The van der Waals surface area contributed by atoms with Crippen LogP contribution in [0.25, 0.3) is 11.1 Å². The van der Waals surface area contributed by atoms with Crippen molar-refractivity contribution in [2.24, 2.45) is 0 Å². The molecule has 3 aromatic carbocycles. The number of benzene rings is 3. The third-order valence-corrected chi connectivity index (χ3v) is 4.60. The second kappa shape index (κ2) is 8.54. The van der Waals surface area contributed by atoms with Gasteiger partial charge >= 0.3 is 0 Å². The molecule has 0 aliphatic heterocycles. The van der Waals surface area contributed by atoms with Crippen LogP contribution in [-0.2, 0) is 4.79 Å². The molecule has 0 heterocycles. The number of hydrogen-bond donors (Lipinski definition) is 1. The van der Waals surface area contributed by atoms with Crippen LogP contribution in [-0.4, -0.2) is 12.5 Å². The summed E-state index contributed by atoms with van der Waals surface area (Å²) in [5.41, 5.74) is 5.55. The fraction of sp³-hybridized carbons (Fsp3) is 0.208. The van der Waals surface area contributed by atoms with Crippen molar-refractivity contribution < 1.29 is 9.53 Å². The van der Waals surface area contributed by atoms with Crippen molar-refractivity contribution in [1.29, 1.82) is 0 Å². The second-order valence-electron chi connectivity index (χ2n) is 6.83. The summed E-state index contributed by atoms with van der Waals surface area (Å²) < 4.78 is 5.68. The highest BCUT2D eigenvalue weighted by Crippen LogP contribution is 2.22. The second-order valence-corrected chi connectivity index (χ2v) is 6.83. The first-order valence-electron chi connectivity index (χ1n) is 9.18. The van der Waals surface area contributed by atoms with Crippen molar-refractivity contribution in [1.82, 2.24) is 5.32 Å². The Morgan fingerprint density at radius 2 is 1.59 bits per heavy atom. The highest BCUT2D eigenvalue weighted by atomic mass is 16.5. The van der Waals surface area contributed by atoms with Gasteiger partial charge in [0, 0.05) is 0 Å². The smallest absolute Gasteiger partial charge is 0.258 e. The Kier molecular flexibility index (Phi) is 5.92. The Balaban J connectivity index is 1.57. The van der Waals surface area contributed by atoms with Crippen LogP contribution in [0.5, 0.6) is 5.75 Å². The zero-order chi connectivity index (χ0) is 19.2. The van der Waals surface area contributed by atoms with Gasteiger partial charge in [0.05, 0.1) is 6.04 Å². The van der Waals surface area contributed by atoms with Gasteiger partial charge in [0.1, 0.15) is 5.75 Å². The maximum absolute atomic E-state index is 12.2. The van der Waals surface area contributed by atoms with E-state index in [1.807, 2.05) is 57.2 Å². The molecule has 0 radical (unpaired) electrons. The quantitative estimate of drug-likeness (QED) is 0.655. The molecule has 0 saturated carbocycles. The molecular weight excluding hydrogens is 334 g/mol. The van der Waals surface area contributed by atoms with Gasteiger partial charge in [-0.25, -0.2) is 0 Å². The van der Waals surface area contributed by atoms with Gasteiger partial charge < -0.3 is 10.1 Å². The molecule has 1 N–H and O–H groups in total. The minimum absolute atomic E-state index is 0.0106. The van der Waals surface area contributed by atoms with E-state index in [-0.39, 0.29) is 18.6 Å². The predicted molar refractivity (Wildman–Crippen MR) is 110 cm³/mol. The van der Waals surface area contributed by atoms with E-state index in [2.05, 4.69) is 41.7 Å². The van der Waals surface area contributed by atoms with E-state index in [1.165, 1.54) is 5.56 Å². The lowest BCUT2D eigenvalue weighted by atomic mass is 10.0. The van der Waals surface area contributed by atoms with E-state index in [4.69, 9.17) is 4.74 Å². The SMILES string of the molecule is Cc1ccc(C)c(OCC(=O)NC(C)c2ccc(-c3ccccc3)cc2)c1. The average Bonchev–Trinajstić information content (AvgIpc) is 2.69. The molecule has 0 fully saturated rings. The van der Waals surface area contributed by atoms with Gasteiger partial charge in [-0.1, -0.05) is 66.7 Å². The van der Waals surface area contributed by atoms with Crippen molar-refractivity contribution >= 4 is 5.91 Å². The third-order valence-electron chi connectivity index (χ3n) is 4.60. The average molecular weight is 359 g/mol. The molecule has 3 heteroatoms. The van der Waals surface area contributed by atoms with Gasteiger partial charge in [0.15, 0.2) is 6.61 Å². The Morgan fingerprint density at radius 1 is 0.926 bits per heavy atom. The Bertz CT molecular complexity index is 901. The number of hydrogen-bond acceptors (Lipinski definition) is 2. The summed E-state index contributed by atoms with van der Waals surface area (Å²) in [4.78, 5) is 12.2. The van der Waals surface area contributed by atoms with E-state index < -0.39 is 0 Å². The summed E-state index contributed by atoms with van der Waals surface area (Å²) in [5.74, 6) is 0.626. The standard InChI is InChI=1S/C24H25NO2/c1-17-9-10-18(2)23(15-17)27-16-24(26)25-19(3)20-11-13-22(14-12-20)21-7-5-4-6-8-21/h4-15,19H,16H2,1-3H3,(H,25,26). The van der Waals surface area contributed by atoms with Gasteiger partial charge in [-0.05, 0) is 54.7 Å². The van der Waals surface area contributed by atoms with Gasteiger partial charge in [-0.15, -0.1) is 0 Å². The number of rotatable bonds is 6. The minimum Gasteiger partial charge on any atom is -0.483 e. The maximum atomic E-state index is 12.2. The molecule has 0 aliphatic rings. The van der Waals surface area contributed by atoms with Gasteiger partial charge in [0.25, 0.3) is 5.91 Å². The topological polar surface area (TPSA) is 38.3 Å². The van der Waals surface area contributed by atoms with Crippen molar-refractivity contribution in [3.05, 3.63) is 89.5 Å². The van der Waals surface area contributed by atoms with Gasteiger partial charge in [-0.3, -0.25) is 4.79 Å². The van der Waals surface area contributed by atoms with Crippen LogP contribution in [0.4, 0.5) is 0 Å². The molecule has 0 aromatic heterocycles. The Morgan fingerprint density at radius 3 is 2.30 bits per heavy atom. The number of carbonyl (C=O) groups excluding carboxylic acids is 1. The molecule has 0 saturated heterocycles. The summed E-state index contributed by atoms with van der Waals surface area (Å²) in [7, 11) is 0. The minimum atomic E-state index is -0.129. The van der Waals surface area contributed by atoms with E-state index in [0.717, 1.165) is 28.0 Å². The molecule has 0 spiro atoms. The van der Waals surface area contributed by atoms with Crippen molar-refractivity contribution in [3.63, 3.8) is 0 Å². The molecule has 1 unspecified atom stereocenters. The number of nitrogens with one attached hydrogen (secondary N) is 1. The first kappa shape index (κ1) is 18.7. The van der Waals surface area contributed by atoms with Crippen LogP contribution in [0.1, 0.15) is 29.7 Å². The monoisotopic (exact) mass is 359 g/mol. The molecule has 3 nitrogen and oxygen atoms in total. The number of aryl methyl sites for hydroxylation is 2. The van der Waals surface area contributed by atoms with Crippen molar-refractivity contribution in [3.8, 4) is 16.9 Å². The molecule has 0 bridgehead atoms. The number of amides is 1. The summed E-state index contributed by atoms with van der Waals surface area (Å²) in [6.07, 6.45) is 0. The van der Waals surface area contributed by atoms with Crippen LogP contribution >= 0.6 is 0 Å². The summed E-state index contributed by atoms with van der Waals surface area (Å²) in [6, 6.07) is 24.4. The molecule has 1 atom stereocenters. The summed E-state index contributed by atoms with van der Waals surface area (Å²) >= 11 is 0. The zero-order valence-corrected chi connectivity index (χ0v) is 16.0. The van der Waals surface area contributed by atoms with Crippen LogP contribution in [0, 0.1) is 13.8 Å². The molecule has 3 aromatic rings. The van der Waals surface area contributed by atoms with Crippen LogP contribution in [0.3, 0.4) is 0 Å². The Hall–Kier alpha value is -3.07. The van der Waals surface area contributed by atoms with E-state index in [1.54, 1.807) is 0 Å². The molecule has 1 amide bonds. The van der Waals surface area contributed by atoms with Crippen LogP contribution in [0.2, 0.25) is 0 Å². The molecule has 3 rings (SSSR count). The third kappa shape index (κ3) is 4.98. The highest BCUT2D eigenvalue weighted by molar-refractivity contribution is 5.78. The van der Waals surface area contributed by atoms with Crippen LogP contribution < -0.4 is 10.1 Å². The first-order valence-corrected chi connectivity index (χ1v) is 9.18. The first-order chi connectivity index (χ1) is 13.0. The lowest BCUT2D eigenvalue weighted by molar-refractivity contribution is -0.123. The fourth-order valence-electron chi connectivity index (χ4n) is 2.97. The molecule has 27 heavy (non-hydrogen) atoms. The van der Waals surface area contributed by atoms with E-state index in [9.17, 15) is 4.79 Å². The number of carbonyl (C=O) groups is 1. The maximum Gasteiger partial charge on any atom is 0.258 e. The molecular formula is C24H25NO2. The summed E-state index contributed by atoms with van der Waals surface area (Å²) in [6.45, 7) is 5.97. The molecule has 138 valence electrons. The van der Waals surface area contributed by atoms with Crippen molar-refractivity contribution in [2.75, 3.05) is 6.61 Å². The lowest BCUT2D eigenvalue weighted by Crippen LogP contribution is -2.31. The largest absolute Gasteiger partial charge is 0.483 e. The zero-order valence-electron chi connectivity index (χ0n) is 16.0. The Labute approximate surface area is 161 Å². The predicted octanol–water partition coefficient (Wildman–Crippen LogP) is 5.23. The summed E-state index contributed by atoms with van der Waals surface area (Å²) in [5, 5.41) is 3.00. The van der Waals surface area contributed by atoms with Crippen LogP contribution in [0.15, 0.2) is 72.8 Å². The van der Waals surface area contributed by atoms with Gasteiger partial charge in [-0.2, -0.15) is 0 Å². The van der Waals surface area contributed by atoms with E-state index in [0.29, 0.717) is 0 Å². The van der Waals surface area contributed by atoms with Crippen molar-refractivity contribution in [2.45, 2.75) is 26.8 Å². The number of ether oxygens (including phenoxy) is 1. The normalized spacial score (nSPS) is 11.7. The van der Waals surface area contributed by atoms with Gasteiger partial charge in [0.2, 0.25) is 0 Å².